The fraction of sp³-hybridized carbons (Fsp3) is 0.231. The molecule has 0 amide bonds. The van der Waals surface area contributed by atoms with Gasteiger partial charge in [-0.1, -0.05) is 29.8 Å². The van der Waals surface area contributed by atoms with Gasteiger partial charge in [0, 0.05) is 16.5 Å². The second-order valence-corrected chi connectivity index (χ2v) is 5.52. The van der Waals surface area contributed by atoms with Crippen LogP contribution in [-0.2, 0) is 14.3 Å². The molecular weight excluding hydrogens is 288 g/mol. The standard InChI is InChI=1S/C13H9ClO4S/c14-10-7-3-1-2-4-9(7)19-11(10)13(16)18-8-5-6-17-12(8)15/h1-4,8H,5-6H2/t8-/m0/s1. The van der Waals surface area contributed by atoms with Gasteiger partial charge in [0.1, 0.15) is 4.88 Å². The quantitative estimate of drug-likeness (QED) is 0.799. The molecule has 0 saturated carbocycles. The number of benzene rings is 1. The van der Waals surface area contributed by atoms with Crippen molar-refractivity contribution in [3.63, 3.8) is 0 Å². The van der Waals surface area contributed by atoms with E-state index in [0.29, 0.717) is 16.3 Å². The first-order valence-corrected chi connectivity index (χ1v) is 6.91. The van der Waals surface area contributed by atoms with E-state index in [1.165, 1.54) is 11.3 Å². The molecule has 3 rings (SSSR count). The maximum Gasteiger partial charge on any atom is 0.350 e. The van der Waals surface area contributed by atoms with Crippen molar-refractivity contribution < 1.29 is 19.1 Å². The number of carbonyl (C=O) groups is 2. The monoisotopic (exact) mass is 296 g/mol. The number of hydrogen-bond acceptors (Lipinski definition) is 5. The molecule has 1 aliphatic rings. The number of carbonyl (C=O) groups excluding carboxylic acids is 2. The van der Waals surface area contributed by atoms with Crippen molar-refractivity contribution >= 4 is 45.0 Å². The summed E-state index contributed by atoms with van der Waals surface area (Å²) in [5.41, 5.74) is 0. The lowest BCUT2D eigenvalue weighted by Crippen LogP contribution is -2.22. The molecule has 0 aliphatic carbocycles. The van der Waals surface area contributed by atoms with Gasteiger partial charge < -0.3 is 9.47 Å². The molecule has 1 aromatic carbocycles. The minimum absolute atomic E-state index is 0.289. The van der Waals surface area contributed by atoms with Crippen molar-refractivity contribution in [1.29, 1.82) is 0 Å². The lowest BCUT2D eigenvalue weighted by Gasteiger charge is -2.06. The molecule has 1 saturated heterocycles. The third kappa shape index (κ3) is 2.19. The third-order valence-corrected chi connectivity index (χ3v) is 4.51. The van der Waals surface area contributed by atoms with Crippen LogP contribution in [0.25, 0.3) is 10.1 Å². The molecule has 0 bridgehead atoms. The topological polar surface area (TPSA) is 52.6 Å². The van der Waals surface area contributed by atoms with Gasteiger partial charge in [0.05, 0.1) is 11.6 Å². The number of ether oxygens (including phenoxy) is 2. The fourth-order valence-electron chi connectivity index (χ4n) is 1.91. The van der Waals surface area contributed by atoms with E-state index < -0.39 is 18.0 Å². The molecule has 1 fully saturated rings. The third-order valence-electron chi connectivity index (χ3n) is 2.86. The molecule has 0 unspecified atom stereocenters. The van der Waals surface area contributed by atoms with Gasteiger partial charge in [-0.15, -0.1) is 11.3 Å². The summed E-state index contributed by atoms with van der Waals surface area (Å²) in [7, 11) is 0. The Morgan fingerprint density at radius 3 is 2.89 bits per heavy atom. The van der Waals surface area contributed by atoms with Crippen LogP contribution in [0.4, 0.5) is 0 Å². The molecule has 98 valence electrons. The summed E-state index contributed by atoms with van der Waals surface area (Å²) in [4.78, 5) is 23.6. The first kappa shape index (κ1) is 12.4. The first-order chi connectivity index (χ1) is 9.16. The van der Waals surface area contributed by atoms with Crippen LogP contribution in [0.2, 0.25) is 5.02 Å². The molecule has 1 aromatic heterocycles. The highest BCUT2D eigenvalue weighted by Gasteiger charge is 2.31. The minimum Gasteiger partial charge on any atom is -0.463 e. The number of fused-ring (bicyclic) bond motifs is 1. The van der Waals surface area contributed by atoms with Crippen molar-refractivity contribution in [1.82, 2.24) is 0 Å². The zero-order valence-electron chi connectivity index (χ0n) is 9.72. The SMILES string of the molecule is O=C(O[C@H]1CCOC1=O)c1sc2ccccc2c1Cl. The Morgan fingerprint density at radius 1 is 1.42 bits per heavy atom. The average Bonchev–Trinajstić information content (AvgIpc) is 2.95. The zero-order valence-corrected chi connectivity index (χ0v) is 11.3. The van der Waals surface area contributed by atoms with Crippen molar-refractivity contribution in [3.05, 3.63) is 34.2 Å². The number of thiophene rings is 1. The summed E-state index contributed by atoms with van der Waals surface area (Å²) in [6, 6.07) is 7.45. The summed E-state index contributed by atoms with van der Waals surface area (Å²) in [6.45, 7) is 0.289. The number of rotatable bonds is 2. The van der Waals surface area contributed by atoms with Crippen LogP contribution in [0.15, 0.2) is 24.3 Å². The zero-order chi connectivity index (χ0) is 13.4. The predicted molar refractivity (Wildman–Crippen MR) is 71.6 cm³/mol. The van der Waals surface area contributed by atoms with Gasteiger partial charge in [-0.05, 0) is 6.07 Å². The molecule has 0 N–H and O–H groups in total. The molecule has 1 aliphatic heterocycles. The van der Waals surface area contributed by atoms with E-state index in [9.17, 15) is 9.59 Å². The highest BCUT2D eigenvalue weighted by Crippen LogP contribution is 2.35. The van der Waals surface area contributed by atoms with Crippen molar-refractivity contribution in [3.8, 4) is 0 Å². The van der Waals surface area contributed by atoms with Crippen LogP contribution in [0, 0.1) is 0 Å². The van der Waals surface area contributed by atoms with Crippen LogP contribution in [-0.4, -0.2) is 24.6 Å². The van der Waals surface area contributed by atoms with Crippen molar-refractivity contribution in [2.24, 2.45) is 0 Å². The van der Waals surface area contributed by atoms with E-state index in [1.807, 2.05) is 24.3 Å². The molecule has 19 heavy (non-hydrogen) atoms. The van der Waals surface area contributed by atoms with Gasteiger partial charge in [0.2, 0.25) is 6.10 Å². The second kappa shape index (κ2) is 4.83. The summed E-state index contributed by atoms with van der Waals surface area (Å²) in [5, 5.41) is 1.19. The number of cyclic esters (lactones) is 1. The molecular formula is C13H9ClO4S. The molecule has 2 heterocycles. The lowest BCUT2D eigenvalue weighted by molar-refractivity contribution is -0.145. The summed E-state index contributed by atoms with van der Waals surface area (Å²) < 4.78 is 10.8. The van der Waals surface area contributed by atoms with Crippen LogP contribution in [0.1, 0.15) is 16.1 Å². The van der Waals surface area contributed by atoms with E-state index in [1.54, 1.807) is 0 Å². The van der Waals surface area contributed by atoms with E-state index in [0.717, 1.165) is 10.1 Å². The molecule has 0 radical (unpaired) electrons. The van der Waals surface area contributed by atoms with E-state index in [4.69, 9.17) is 21.1 Å². The second-order valence-electron chi connectivity index (χ2n) is 4.09. The predicted octanol–water partition coefficient (Wildman–Crippen LogP) is 3.03. The molecule has 6 heteroatoms. The van der Waals surface area contributed by atoms with Crippen LogP contribution < -0.4 is 0 Å². The Morgan fingerprint density at radius 2 is 2.21 bits per heavy atom. The van der Waals surface area contributed by atoms with Crippen LogP contribution in [0.5, 0.6) is 0 Å². The Balaban J connectivity index is 1.89. The Kier molecular flexibility index (Phi) is 3.16. The molecule has 2 aromatic rings. The van der Waals surface area contributed by atoms with Crippen LogP contribution in [0.3, 0.4) is 0 Å². The van der Waals surface area contributed by atoms with Gasteiger partial charge in [-0.2, -0.15) is 0 Å². The normalized spacial score (nSPS) is 18.6. The molecule has 1 atom stereocenters. The van der Waals surface area contributed by atoms with Crippen LogP contribution >= 0.6 is 22.9 Å². The van der Waals surface area contributed by atoms with Gasteiger partial charge in [0.25, 0.3) is 0 Å². The largest absolute Gasteiger partial charge is 0.463 e. The number of halogens is 1. The van der Waals surface area contributed by atoms with Crippen molar-refractivity contribution in [2.45, 2.75) is 12.5 Å². The Bertz CT molecular complexity index is 664. The summed E-state index contributed by atoms with van der Waals surface area (Å²) in [6.07, 6.45) is -0.415. The molecule has 0 spiro atoms. The maximum absolute atomic E-state index is 12.0. The highest BCUT2D eigenvalue weighted by atomic mass is 35.5. The van der Waals surface area contributed by atoms with Gasteiger partial charge in [0.15, 0.2) is 0 Å². The first-order valence-electron chi connectivity index (χ1n) is 5.71. The average molecular weight is 297 g/mol. The summed E-state index contributed by atoms with van der Waals surface area (Å²) in [5.74, 6) is -1.07. The number of hydrogen-bond donors (Lipinski definition) is 0. The summed E-state index contributed by atoms with van der Waals surface area (Å²) >= 11 is 7.43. The maximum atomic E-state index is 12.0. The Labute approximate surface area is 117 Å². The lowest BCUT2D eigenvalue weighted by atomic mass is 10.2. The van der Waals surface area contributed by atoms with Gasteiger partial charge >= 0.3 is 11.9 Å². The Hall–Kier alpha value is -1.59. The van der Waals surface area contributed by atoms with E-state index in [-0.39, 0.29) is 6.61 Å². The van der Waals surface area contributed by atoms with E-state index in [2.05, 4.69) is 0 Å². The molecule has 4 nitrogen and oxygen atoms in total. The van der Waals surface area contributed by atoms with Gasteiger partial charge in [-0.3, -0.25) is 0 Å². The van der Waals surface area contributed by atoms with E-state index >= 15 is 0 Å². The smallest absolute Gasteiger partial charge is 0.350 e. The fourth-order valence-corrected chi connectivity index (χ4v) is 3.30. The minimum atomic E-state index is -0.811. The number of esters is 2. The highest BCUT2D eigenvalue weighted by molar-refractivity contribution is 7.21. The van der Waals surface area contributed by atoms with Crippen molar-refractivity contribution in [2.75, 3.05) is 6.61 Å². The van der Waals surface area contributed by atoms with Gasteiger partial charge in [-0.25, -0.2) is 9.59 Å².